The number of nitrogens with one attached hydrogen (secondary N) is 1. The normalized spacial score (nSPS) is 14.4. The summed E-state index contributed by atoms with van der Waals surface area (Å²) < 4.78 is 0. The van der Waals surface area contributed by atoms with Gasteiger partial charge in [0, 0.05) is 6.54 Å². The van der Waals surface area contributed by atoms with Crippen LogP contribution in [-0.2, 0) is 10.3 Å². The maximum Gasteiger partial charge on any atom is 0.328 e. The number of aliphatic hydroxyl groups is 1. The van der Waals surface area contributed by atoms with Gasteiger partial charge in [-0.25, -0.2) is 4.79 Å². The number of hydrogen-bond acceptors (Lipinski definition) is 3. The third kappa shape index (κ3) is 2.84. The fourth-order valence-corrected chi connectivity index (χ4v) is 1.97. The smallest absolute Gasteiger partial charge is 0.328 e. The van der Waals surface area contributed by atoms with Gasteiger partial charge in [0.05, 0.1) is 6.61 Å². The summed E-state index contributed by atoms with van der Waals surface area (Å²) in [5, 5.41) is 21.1. The van der Waals surface area contributed by atoms with Gasteiger partial charge in [0.15, 0.2) is 0 Å². The molecule has 17 heavy (non-hydrogen) atoms. The number of aliphatic hydroxyl groups excluding tert-OH is 1. The van der Waals surface area contributed by atoms with Gasteiger partial charge in [-0.05, 0) is 31.9 Å². The number of hydrogen-bond donors (Lipinski definition) is 3. The highest BCUT2D eigenvalue weighted by molar-refractivity contribution is 5.80. The molecular weight excluding hydrogens is 218 g/mol. The fourth-order valence-electron chi connectivity index (χ4n) is 1.97. The van der Waals surface area contributed by atoms with Crippen molar-refractivity contribution in [2.75, 3.05) is 13.2 Å². The number of rotatable bonds is 5. The van der Waals surface area contributed by atoms with E-state index in [4.69, 9.17) is 5.11 Å². The number of carboxylic acids is 1. The van der Waals surface area contributed by atoms with Crippen LogP contribution in [0.4, 0.5) is 0 Å². The van der Waals surface area contributed by atoms with E-state index in [-0.39, 0.29) is 13.2 Å². The van der Waals surface area contributed by atoms with E-state index in [2.05, 4.69) is 5.32 Å². The second kappa shape index (κ2) is 5.29. The molecule has 0 aromatic heterocycles. The molecule has 1 unspecified atom stereocenters. The molecule has 0 aliphatic carbocycles. The highest BCUT2D eigenvalue weighted by atomic mass is 16.4. The van der Waals surface area contributed by atoms with E-state index in [0.717, 1.165) is 16.7 Å². The lowest BCUT2D eigenvalue weighted by molar-refractivity contribution is -0.144. The molecule has 0 saturated heterocycles. The van der Waals surface area contributed by atoms with Gasteiger partial charge in [-0.3, -0.25) is 5.32 Å². The van der Waals surface area contributed by atoms with E-state index >= 15 is 0 Å². The number of carboxylic acid groups (broad SMARTS) is 1. The Hall–Kier alpha value is -1.39. The zero-order chi connectivity index (χ0) is 13.1. The van der Waals surface area contributed by atoms with Crippen molar-refractivity contribution in [2.45, 2.75) is 26.3 Å². The van der Waals surface area contributed by atoms with Gasteiger partial charge in [-0.2, -0.15) is 0 Å². The molecule has 1 rings (SSSR count). The molecule has 0 bridgehead atoms. The predicted octanol–water partition coefficient (Wildman–Crippen LogP) is 1.19. The van der Waals surface area contributed by atoms with Crippen LogP contribution in [0.2, 0.25) is 0 Å². The molecule has 1 aromatic carbocycles. The number of benzene rings is 1. The van der Waals surface area contributed by atoms with E-state index < -0.39 is 11.5 Å². The first-order valence-corrected chi connectivity index (χ1v) is 5.59. The van der Waals surface area contributed by atoms with E-state index in [9.17, 15) is 9.90 Å². The Morgan fingerprint density at radius 2 is 2.06 bits per heavy atom. The molecule has 0 aliphatic rings. The van der Waals surface area contributed by atoms with Gasteiger partial charge in [0.1, 0.15) is 5.54 Å². The maximum absolute atomic E-state index is 11.4. The maximum atomic E-state index is 11.4. The van der Waals surface area contributed by atoms with Gasteiger partial charge < -0.3 is 10.2 Å². The largest absolute Gasteiger partial charge is 0.480 e. The second-order valence-electron chi connectivity index (χ2n) is 4.40. The SMILES string of the molecule is Cc1ccc(C(C)(NCCO)C(=O)O)c(C)c1. The van der Waals surface area contributed by atoms with Gasteiger partial charge in [0.25, 0.3) is 0 Å². The Balaban J connectivity index is 3.17. The van der Waals surface area contributed by atoms with Gasteiger partial charge in [0.2, 0.25) is 0 Å². The van der Waals surface area contributed by atoms with Gasteiger partial charge in [-0.1, -0.05) is 23.8 Å². The summed E-state index contributed by atoms with van der Waals surface area (Å²) in [7, 11) is 0. The minimum Gasteiger partial charge on any atom is -0.480 e. The molecule has 0 radical (unpaired) electrons. The molecule has 1 atom stereocenters. The van der Waals surface area contributed by atoms with Crippen LogP contribution in [0.5, 0.6) is 0 Å². The van der Waals surface area contributed by atoms with Crippen molar-refractivity contribution in [2.24, 2.45) is 0 Å². The standard InChI is InChI=1S/C13H19NO3/c1-9-4-5-11(10(2)8-9)13(3,12(16)17)14-6-7-15/h4-5,8,14-15H,6-7H2,1-3H3,(H,16,17). The Morgan fingerprint density at radius 1 is 1.41 bits per heavy atom. The topological polar surface area (TPSA) is 69.6 Å². The molecule has 0 saturated carbocycles. The van der Waals surface area contributed by atoms with Crippen molar-refractivity contribution in [3.05, 3.63) is 34.9 Å². The van der Waals surface area contributed by atoms with Crippen LogP contribution in [0.15, 0.2) is 18.2 Å². The van der Waals surface area contributed by atoms with Crippen LogP contribution in [-0.4, -0.2) is 29.3 Å². The summed E-state index contributed by atoms with van der Waals surface area (Å²) in [6.45, 7) is 5.63. The van der Waals surface area contributed by atoms with Crippen LogP contribution in [0.25, 0.3) is 0 Å². The lowest BCUT2D eigenvalue weighted by Gasteiger charge is -2.28. The minimum atomic E-state index is -1.17. The van der Waals surface area contributed by atoms with Crippen LogP contribution in [0.3, 0.4) is 0 Å². The second-order valence-corrected chi connectivity index (χ2v) is 4.40. The third-order valence-electron chi connectivity index (χ3n) is 2.94. The Kier molecular flexibility index (Phi) is 4.26. The molecule has 3 N–H and O–H groups in total. The third-order valence-corrected chi connectivity index (χ3v) is 2.94. The number of aliphatic carboxylic acids is 1. The van der Waals surface area contributed by atoms with Crippen LogP contribution in [0.1, 0.15) is 23.6 Å². The summed E-state index contributed by atoms with van der Waals surface area (Å²) in [6, 6.07) is 5.67. The summed E-state index contributed by atoms with van der Waals surface area (Å²) >= 11 is 0. The first-order valence-electron chi connectivity index (χ1n) is 5.59. The molecule has 1 aromatic rings. The molecule has 4 nitrogen and oxygen atoms in total. The number of carbonyl (C=O) groups is 1. The number of aryl methyl sites for hydroxylation is 2. The van der Waals surface area contributed by atoms with E-state index in [1.165, 1.54) is 0 Å². The minimum absolute atomic E-state index is 0.0895. The molecular formula is C13H19NO3. The van der Waals surface area contributed by atoms with Crippen molar-refractivity contribution < 1.29 is 15.0 Å². The average molecular weight is 237 g/mol. The van der Waals surface area contributed by atoms with Crippen molar-refractivity contribution in [3.8, 4) is 0 Å². The molecule has 4 heteroatoms. The molecule has 0 heterocycles. The highest BCUT2D eigenvalue weighted by Gasteiger charge is 2.35. The zero-order valence-corrected chi connectivity index (χ0v) is 10.4. The summed E-state index contributed by atoms with van der Waals surface area (Å²) in [5.41, 5.74) is 1.59. The lowest BCUT2D eigenvalue weighted by Crippen LogP contribution is -2.48. The zero-order valence-electron chi connectivity index (χ0n) is 10.4. The molecule has 0 amide bonds. The lowest BCUT2D eigenvalue weighted by atomic mass is 9.87. The van der Waals surface area contributed by atoms with Gasteiger partial charge in [-0.15, -0.1) is 0 Å². The van der Waals surface area contributed by atoms with Crippen LogP contribution >= 0.6 is 0 Å². The Labute approximate surface area is 101 Å². The van der Waals surface area contributed by atoms with Crippen molar-refractivity contribution in [1.29, 1.82) is 0 Å². The predicted molar refractivity (Wildman–Crippen MR) is 66.0 cm³/mol. The molecule has 0 fully saturated rings. The Bertz CT molecular complexity index is 417. The summed E-state index contributed by atoms with van der Waals surface area (Å²) in [5.74, 6) is -0.946. The van der Waals surface area contributed by atoms with Crippen LogP contribution in [0, 0.1) is 13.8 Å². The summed E-state index contributed by atoms with van der Waals surface area (Å²) in [4.78, 5) is 11.4. The molecule has 94 valence electrons. The van der Waals surface area contributed by atoms with E-state index in [1.807, 2.05) is 32.0 Å². The van der Waals surface area contributed by atoms with Crippen molar-refractivity contribution in [3.63, 3.8) is 0 Å². The summed E-state index contributed by atoms with van der Waals surface area (Å²) in [6.07, 6.45) is 0. The Morgan fingerprint density at radius 3 is 2.53 bits per heavy atom. The van der Waals surface area contributed by atoms with Crippen molar-refractivity contribution >= 4 is 5.97 Å². The van der Waals surface area contributed by atoms with Crippen LogP contribution < -0.4 is 5.32 Å². The van der Waals surface area contributed by atoms with E-state index in [0.29, 0.717) is 0 Å². The molecule has 0 aliphatic heterocycles. The van der Waals surface area contributed by atoms with Crippen molar-refractivity contribution in [1.82, 2.24) is 5.32 Å². The monoisotopic (exact) mass is 237 g/mol. The fraction of sp³-hybridized carbons (Fsp3) is 0.462. The quantitative estimate of drug-likeness (QED) is 0.719. The highest BCUT2D eigenvalue weighted by Crippen LogP contribution is 2.25. The average Bonchev–Trinajstić information content (AvgIpc) is 2.25. The first kappa shape index (κ1) is 13.7. The van der Waals surface area contributed by atoms with E-state index in [1.54, 1.807) is 6.92 Å². The first-order chi connectivity index (χ1) is 7.91. The molecule has 0 spiro atoms. The van der Waals surface area contributed by atoms with Gasteiger partial charge >= 0.3 is 5.97 Å².